The number of imidazole rings is 1. The molecular formula is C19H19BrN6O4. The van der Waals surface area contributed by atoms with E-state index in [0.29, 0.717) is 29.9 Å². The molecule has 2 aliphatic heterocycles. The summed E-state index contributed by atoms with van der Waals surface area (Å²) in [4.78, 5) is 25.7. The lowest BCUT2D eigenvalue weighted by atomic mass is 10.1. The second kappa shape index (κ2) is 7.27. The molecule has 4 atom stereocenters. The molecule has 2 aromatic heterocycles. The van der Waals surface area contributed by atoms with Crippen LogP contribution in [0.1, 0.15) is 11.8 Å². The number of nitrogens with zero attached hydrogens (tertiary/aromatic N) is 5. The maximum atomic E-state index is 11.3. The summed E-state index contributed by atoms with van der Waals surface area (Å²) < 4.78 is 14.5. The van der Waals surface area contributed by atoms with E-state index in [1.807, 2.05) is 24.3 Å². The smallest absolute Gasteiger partial charge is 0.211 e. The minimum atomic E-state index is -1.22. The number of aromatic nitrogens is 4. The molecule has 0 spiro atoms. The molecule has 2 saturated heterocycles. The number of aliphatic hydroxyl groups is 1. The summed E-state index contributed by atoms with van der Waals surface area (Å²) in [6.45, 7) is 0.668. The van der Waals surface area contributed by atoms with Crippen LogP contribution in [0.2, 0.25) is 0 Å². The predicted octanol–water partition coefficient (Wildman–Crippen LogP) is 1.27. The second-order valence-electron chi connectivity index (χ2n) is 7.32. The molecule has 4 heterocycles. The Hall–Kier alpha value is -2.60. The number of carbonyl (C=O) groups excluding carboxylic acids is 1. The standard InChI is InChI=1S/C19H19BrN6O4/c1-25(10-27)19-7-29-14(15(19)28)18(30-19)26-9-24-13-16(22-8-23-17(13)26)21-6-11-3-2-4-12(20)5-11/h2-5,8-10,14-15,18,28H,6-7H2,1H3,(H,21,22,23)/t14-,15+,18-,19-/m1/s1. The average Bonchev–Trinajstić information content (AvgIpc) is 3.42. The number of carbonyl (C=O) groups is 1. The number of anilines is 1. The van der Waals surface area contributed by atoms with Gasteiger partial charge in [-0.2, -0.15) is 0 Å². The number of halogens is 1. The summed E-state index contributed by atoms with van der Waals surface area (Å²) in [5, 5.41) is 14.0. The highest BCUT2D eigenvalue weighted by atomic mass is 79.9. The van der Waals surface area contributed by atoms with Gasteiger partial charge < -0.3 is 24.8 Å². The Kier molecular flexibility index (Phi) is 4.69. The number of amides is 1. The van der Waals surface area contributed by atoms with Gasteiger partial charge in [0.05, 0.1) is 12.9 Å². The molecule has 2 aliphatic rings. The zero-order valence-electron chi connectivity index (χ0n) is 16.0. The number of hydrogen-bond acceptors (Lipinski definition) is 8. The molecule has 2 N–H and O–H groups in total. The number of fused-ring (bicyclic) bond motifs is 3. The minimum Gasteiger partial charge on any atom is -0.385 e. The lowest BCUT2D eigenvalue weighted by Crippen LogP contribution is -2.53. The Labute approximate surface area is 180 Å². The molecule has 30 heavy (non-hydrogen) atoms. The molecule has 1 aromatic carbocycles. The fourth-order valence-corrected chi connectivity index (χ4v) is 4.41. The van der Waals surface area contributed by atoms with Gasteiger partial charge in [-0.1, -0.05) is 28.1 Å². The third-order valence-corrected chi connectivity index (χ3v) is 6.09. The average molecular weight is 475 g/mol. The van der Waals surface area contributed by atoms with Gasteiger partial charge in [-0.3, -0.25) is 9.36 Å². The van der Waals surface area contributed by atoms with Gasteiger partial charge >= 0.3 is 0 Å². The lowest BCUT2D eigenvalue weighted by Gasteiger charge is -2.36. The van der Waals surface area contributed by atoms with Crippen LogP contribution in [0.5, 0.6) is 0 Å². The van der Waals surface area contributed by atoms with Crippen LogP contribution in [-0.4, -0.2) is 67.5 Å². The number of hydrogen-bond donors (Lipinski definition) is 2. The largest absolute Gasteiger partial charge is 0.385 e. The van der Waals surface area contributed by atoms with E-state index >= 15 is 0 Å². The second-order valence-corrected chi connectivity index (χ2v) is 8.24. The zero-order valence-corrected chi connectivity index (χ0v) is 17.6. The van der Waals surface area contributed by atoms with Crippen LogP contribution in [0.25, 0.3) is 11.2 Å². The fraction of sp³-hybridized carbons (Fsp3) is 0.368. The molecule has 10 nitrogen and oxygen atoms in total. The van der Waals surface area contributed by atoms with Gasteiger partial charge in [0.25, 0.3) is 0 Å². The van der Waals surface area contributed by atoms with E-state index in [2.05, 4.69) is 36.2 Å². The van der Waals surface area contributed by atoms with Crippen LogP contribution in [0, 0.1) is 0 Å². The summed E-state index contributed by atoms with van der Waals surface area (Å²) >= 11 is 3.47. The van der Waals surface area contributed by atoms with Gasteiger partial charge in [0, 0.05) is 18.1 Å². The molecule has 0 radical (unpaired) electrons. The molecular weight excluding hydrogens is 456 g/mol. The van der Waals surface area contributed by atoms with Crippen LogP contribution >= 0.6 is 15.9 Å². The van der Waals surface area contributed by atoms with Crippen molar-refractivity contribution in [3.8, 4) is 0 Å². The number of ether oxygens (including phenoxy) is 2. The molecule has 0 unspecified atom stereocenters. The van der Waals surface area contributed by atoms with Gasteiger partial charge in [-0.05, 0) is 17.7 Å². The van der Waals surface area contributed by atoms with Crippen LogP contribution in [-0.2, 0) is 20.8 Å². The van der Waals surface area contributed by atoms with E-state index in [-0.39, 0.29) is 6.61 Å². The number of rotatable bonds is 6. The van der Waals surface area contributed by atoms with E-state index in [1.54, 1.807) is 17.9 Å². The first-order valence-corrected chi connectivity index (χ1v) is 10.1. The normalized spacial score (nSPS) is 27.5. The van der Waals surface area contributed by atoms with Gasteiger partial charge in [0.2, 0.25) is 6.41 Å². The van der Waals surface area contributed by atoms with Crippen molar-refractivity contribution in [2.45, 2.75) is 30.7 Å². The molecule has 3 aromatic rings. The van der Waals surface area contributed by atoms with Gasteiger partial charge in [0.1, 0.15) is 18.5 Å². The SMILES string of the molecule is CN(C=O)[C@]12CO[C@@H]([C@H](n3cnc4c(NCc5cccc(Br)c5)ncnc43)O1)[C@@H]2O. The Bertz CT molecular complexity index is 1110. The summed E-state index contributed by atoms with van der Waals surface area (Å²) in [7, 11) is 1.56. The molecule has 0 saturated carbocycles. The van der Waals surface area contributed by atoms with Crippen molar-refractivity contribution in [2.24, 2.45) is 0 Å². The van der Waals surface area contributed by atoms with Crippen molar-refractivity contribution in [1.29, 1.82) is 0 Å². The van der Waals surface area contributed by atoms with E-state index in [9.17, 15) is 9.90 Å². The Balaban J connectivity index is 1.44. The third kappa shape index (κ3) is 2.88. The number of benzene rings is 1. The van der Waals surface area contributed by atoms with E-state index in [0.717, 1.165) is 10.0 Å². The predicted molar refractivity (Wildman–Crippen MR) is 109 cm³/mol. The lowest BCUT2D eigenvalue weighted by molar-refractivity contribution is -0.222. The van der Waals surface area contributed by atoms with Crippen molar-refractivity contribution in [3.63, 3.8) is 0 Å². The highest BCUT2D eigenvalue weighted by molar-refractivity contribution is 9.10. The highest BCUT2D eigenvalue weighted by Crippen LogP contribution is 2.46. The fourth-order valence-electron chi connectivity index (χ4n) is 3.97. The topological polar surface area (TPSA) is 115 Å². The molecule has 5 rings (SSSR count). The molecule has 156 valence electrons. The van der Waals surface area contributed by atoms with E-state index in [4.69, 9.17) is 9.47 Å². The van der Waals surface area contributed by atoms with Crippen LogP contribution in [0.3, 0.4) is 0 Å². The first-order chi connectivity index (χ1) is 14.5. The molecule has 11 heteroatoms. The van der Waals surface area contributed by atoms with Crippen molar-refractivity contribution in [1.82, 2.24) is 24.4 Å². The Morgan fingerprint density at radius 3 is 3.10 bits per heavy atom. The van der Waals surface area contributed by atoms with Crippen LogP contribution in [0.4, 0.5) is 5.82 Å². The van der Waals surface area contributed by atoms with E-state index < -0.39 is 24.2 Å². The number of likely N-dealkylation sites (N-methyl/N-ethyl adjacent to an activating group) is 1. The maximum Gasteiger partial charge on any atom is 0.211 e. The summed E-state index contributed by atoms with van der Waals surface area (Å²) in [6.07, 6.45) is 1.36. The number of aliphatic hydroxyl groups excluding tert-OH is 1. The summed E-state index contributed by atoms with van der Waals surface area (Å²) in [5.74, 6) is 0.586. The summed E-state index contributed by atoms with van der Waals surface area (Å²) in [5.41, 5.74) is 0.982. The molecule has 2 bridgehead atoms. The van der Waals surface area contributed by atoms with E-state index in [1.165, 1.54) is 11.2 Å². The van der Waals surface area contributed by atoms with Gasteiger partial charge in [-0.15, -0.1) is 0 Å². The maximum absolute atomic E-state index is 11.3. The van der Waals surface area contributed by atoms with Crippen LogP contribution in [0.15, 0.2) is 41.4 Å². The van der Waals surface area contributed by atoms with Gasteiger partial charge in [0.15, 0.2) is 28.9 Å². The van der Waals surface area contributed by atoms with Crippen LogP contribution < -0.4 is 5.32 Å². The first-order valence-electron chi connectivity index (χ1n) is 9.35. The monoisotopic (exact) mass is 474 g/mol. The number of nitrogens with one attached hydrogen (secondary N) is 1. The first kappa shape index (κ1) is 19.4. The minimum absolute atomic E-state index is 0.103. The Morgan fingerprint density at radius 2 is 2.30 bits per heavy atom. The van der Waals surface area contributed by atoms with Crippen molar-refractivity contribution >= 4 is 39.3 Å². The van der Waals surface area contributed by atoms with Crippen molar-refractivity contribution in [3.05, 3.63) is 47.0 Å². The molecule has 2 fully saturated rings. The molecule has 1 amide bonds. The Morgan fingerprint density at radius 1 is 1.43 bits per heavy atom. The molecule has 0 aliphatic carbocycles. The zero-order chi connectivity index (χ0) is 20.9. The highest BCUT2D eigenvalue weighted by Gasteiger charge is 2.64. The van der Waals surface area contributed by atoms with Crippen molar-refractivity contribution < 1.29 is 19.4 Å². The van der Waals surface area contributed by atoms with Crippen molar-refractivity contribution in [2.75, 3.05) is 19.0 Å². The van der Waals surface area contributed by atoms with Gasteiger partial charge in [-0.25, -0.2) is 15.0 Å². The third-order valence-electron chi connectivity index (χ3n) is 5.60. The summed E-state index contributed by atoms with van der Waals surface area (Å²) in [6, 6.07) is 7.97. The quantitative estimate of drug-likeness (QED) is 0.513.